The number of nitrogens with zero attached hydrogens (tertiary/aromatic N) is 2. The highest BCUT2D eigenvalue weighted by atomic mass is 19.4. The maximum Gasteiger partial charge on any atom is 0.416 e. The van der Waals surface area contributed by atoms with E-state index in [1.807, 2.05) is 48.5 Å². The Hall–Kier alpha value is -3.61. The second-order valence-corrected chi connectivity index (χ2v) is 6.79. The number of hydrogen-bond acceptors (Lipinski definition) is 3. The maximum atomic E-state index is 13.3. The molecular formula is C22H15F3N4. The number of aromatic nitrogens is 3. The first-order chi connectivity index (χ1) is 14.0. The molecule has 0 fully saturated rings. The maximum absolute atomic E-state index is 13.3. The molecule has 5 rings (SSSR count). The fraction of sp³-hybridized carbons (Fsp3) is 0.0909. The van der Waals surface area contributed by atoms with Gasteiger partial charge in [0.25, 0.3) is 0 Å². The van der Waals surface area contributed by atoms with Crippen molar-refractivity contribution in [2.75, 3.05) is 5.32 Å². The molecule has 3 aromatic carbocycles. The van der Waals surface area contributed by atoms with Crippen molar-refractivity contribution in [1.29, 1.82) is 0 Å². The summed E-state index contributed by atoms with van der Waals surface area (Å²) in [5.74, 6) is 0.701. The monoisotopic (exact) mass is 392 g/mol. The molecule has 0 aliphatic rings. The molecule has 29 heavy (non-hydrogen) atoms. The quantitative estimate of drug-likeness (QED) is 0.376. The number of pyridine rings is 1. The second-order valence-electron chi connectivity index (χ2n) is 6.79. The molecule has 144 valence electrons. The number of benzene rings is 3. The fourth-order valence-corrected chi connectivity index (χ4v) is 3.52. The Kier molecular flexibility index (Phi) is 3.91. The highest BCUT2D eigenvalue weighted by Crippen LogP contribution is 2.36. The van der Waals surface area contributed by atoms with E-state index in [4.69, 9.17) is 0 Å². The summed E-state index contributed by atoms with van der Waals surface area (Å²) in [6.07, 6.45) is -4.42. The first-order valence-electron chi connectivity index (χ1n) is 9.06. The number of rotatable bonds is 3. The Morgan fingerprint density at radius 1 is 0.793 bits per heavy atom. The first-order valence-corrected chi connectivity index (χ1v) is 9.06. The molecule has 2 aromatic heterocycles. The lowest BCUT2D eigenvalue weighted by Crippen LogP contribution is -2.06. The topological polar surface area (TPSA) is 53.6 Å². The summed E-state index contributed by atoms with van der Waals surface area (Å²) < 4.78 is 39.8. The van der Waals surface area contributed by atoms with Crippen LogP contribution in [0.3, 0.4) is 0 Å². The molecule has 0 unspecified atom stereocenters. The zero-order valence-electron chi connectivity index (χ0n) is 15.1. The summed E-state index contributed by atoms with van der Waals surface area (Å²) >= 11 is 0. The van der Waals surface area contributed by atoms with Gasteiger partial charge in [0.05, 0.1) is 39.9 Å². The van der Waals surface area contributed by atoms with Crippen LogP contribution in [0.4, 0.5) is 18.9 Å². The van der Waals surface area contributed by atoms with E-state index in [0.29, 0.717) is 34.5 Å². The van der Waals surface area contributed by atoms with Gasteiger partial charge in [-0.25, -0.2) is 9.97 Å². The molecular weight excluding hydrogens is 377 g/mol. The van der Waals surface area contributed by atoms with Gasteiger partial charge in [0.1, 0.15) is 5.82 Å². The van der Waals surface area contributed by atoms with Crippen molar-refractivity contribution in [3.63, 3.8) is 0 Å². The Bertz CT molecular complexity index is 1320. The predicted molar refractivity (Wildman–Crippen MR) is 108 cm³/mol. The van der Waals surface area contributed by atoms with Gasteiger partial charge in [0.15, 0.2) is 0 Å². The molecule has 0 spiro atoms. The smallest absolute Gasteiger partial charge is 0.377 e. The van der Waals surface area contributed by atoms with Crippen molar-refractivity contribution in [2.45, 2.75) is 12.7 Å². The summed E-state index contributed by atoms with van der Waals surface area (Å²) in [6, 6.07) is 18.7. The van der Waals surface area contributed by atoms with Crippen LogP contribution in [0.1, 0.15) is 11.4 Å². The van der Waals surface area contributed by atoms with Crippen LogP contribution in [0.25, 0.3) is 32.8 Å². The molecule has 2 heterocycles. The van der Waals surface area contributed by atoms with E-state index in [1.165, 1.54) is 6.07 Å². The van der Waals surface area contributed by atoms with Crippen LogP contribution in [-0.4, -0.2) is 15.0 Å². The van der Waals surface area contributed by atoms with Crippen LogP contribution in [0.5, 0.6) is 0 Å². The summed E-state index contributed by atoms with van der Waals surface area (Å²) in [7, 11) is 0. The minimum absolute atomic E-state index is 0.341. The van der Waals surface area contributed by atoms with Crippen LogP contribution in [0.15, 0.2) is 66.7 Å². The van der Waals surface area contributed by atoms with E-state index in [2.05, 4.69) is 20.3 Å². The number of aromatic amines is 1. The lowest BCUT2D eigenvalue weighted by Gasteiger charge is -2.14. The van der Waals surface area contributed by atoms with Gasteiger partial charge >= 0.3 is 6.18 Å². The largest absolute Gasteiger partial charge is 0.416 e. The average Bonchev–Trinajstić information content (AvgIpc) is 3.13. The summed E-state index contributed by atoms with van der Waals surface area (Å²) in [5, 5.41) is 4.47. The lowest BCUT2D eigenvalue weighted by atomic mass is 10.0. The number of H-pyrrole nitrogens is 1. The molecule has 0 aliphatic carbocycles. The number of nitrogens with one attached hydrogen (secondary N) is 2. The molecule has 0 amide bonds. The van der Waals surface area contributed by atoms with E-state index < -0.39 is 11.7 Å². The van der Waals surface area contributed by atoms with Gasteiger partial charge in [0, 0.05) is 10.8 Å². The van der Waals surface area contributed by atoms with Gasteiger partial charge in [-0.2, -0.15) is 13.2 Å². The Balaban J connectivity index is 1.63. The van der Waals surface area contributed by atoms with Crippen LogP contribution in [0.2, 0.25) is 0 Å². The van der Waals surface area contributed by atoms with Crippen LogP contribution < -0.4 is 5.32 Å². The second kappa shape index (κ2) is 6.48. The summed E-state index contributed by atoms with van der Waals surface area (Å²) in [6.45, 7) is 0.341. The molecule has 7 heteroatoms. The van der Waals surface area contributed by atoms with Crippen LogP contribution in [-0.2, 0) is 12.7 Å². The third kappa shape index (κ3) is 3.14. The highest BCUT2D eigenvalue weighted by Gasteiger charge is 2.31. The highest BCUT2D eigenvalue weighted by molar-refractivity contribution is 6.07. The van der Waals surface area contributed by atoms with Gasteiger partial charge in [-0.05, 0) is 36.4 Å². The molecule has 5 aromatic rings. The van der Waals surface area contributed by atoms with E-state index in [1.54, 1.807) is 0 Å². The van der Waals surface area contributed by atoms with Crippen molar-refractivity contribution < 1.29 is 13.2 Å². The minimum Gasteiger partial charge on any atom is -0.377 e. The molecule has 0 radical (unpaired) electrons. The molecule has 0 atom stereocenters. The van der Waals surface area contributed by atoms with E-state index in [0.717, 1.165) is 28.6 Å². The van der Waals surface area contributed by atoms with Crippen molar-refractivity contribution in [1.82, 2.24) is 15.0 Å². The fourth-order valence-electron chi connectivity index (χ4n) is 3.52. The first kappa shape index (κ1) is 17.5. The molecule has 2 N–H and O–H groups in total. The number of hydrogen-bond donors (Lipinski definition) is 2. The summed E-state index contributed by atoms with van der Waals surface area (Å²) in [4.78, 5) is 12.3. The van der Waals surface area contributed by atoms with E-state index >= 15 is 0 Å². The normalized spacial score (nSPS) is 12.1. The average molecular weight is 392 g/mol. The third-order valence-corrected chi connectivity index (χ3v) is 4.88. The molecule has 0 aliphatic heterocycles. The lowest BCUT2D eigenvalue weighted by molar-refractivity contribution is -0.137. The number of para-hydroxylation sites is 3. The van der Waals surface area contributed by atoms with Gasteiger partial charge in [-0.15, -0.1) is 0 Å². The minimum atomic E-state index is -4.42. The third-order valence-electron chi connectivity index (χ3n) is 4.88. The van der Waals surface area contributed by atoms with Crippen molar-refractivity contribution >= 4 is 38.5 Å². The predicted octanol–water partition coefficient (Wildman–Crippen LogP) is 5.90. The van der Waals surface area contributed by atoms with Crippen molar-refractivity contribution in [3.8, 4) is 0 Å². The molecule has 0 saturated carbocycles. The van der Waals surface area contributed by atoms with Gasteiger partial charge in [0.2, 0.25) is 0 Å². The number of imidazole rings is 1. The van der Waals surface area contributed by atoms with Gasteiger partial charge < -0.3 is 10.3 Å². The SMILES string of the molecule is FC(F)(F)c1ccc2nc3ccccc3c(NCc3nc4ccccc4[nH]3)c2c1. The number of fused-ring (bicyclic) bond motifs is 3. The number of alkyl halides is 3. The molecule has 0 bridgehead atoms. The number of anilines is 1. The summed E-state index contributed by atoms with van der Waals surface area (Å²) in [5.41, 5.74) is 2.88. The van der Waals surface area contributed by atoms with E-state index in [9.17, 15) is 13.2 Å². The van der Waals surface area contributed by atoms with Gasteiger partial charge in [-0.3, -0.25) is 0 Å². The number of halogens is 3. The Morgan fingerprint density at radius 2 is 1.52 bits per heavy atom. The van der Waals surface area contributed by atoms with Gasteiger partial charge in [-0.1, -0.05) is 30.3 Å². The van der Waals surface area contributed by atoms with Crippen LogP contribution >= 0.6 is 0 Å². The molecule has 4 nitrogen and oxygen atoms in total. The zero-order valence-corrected chi connectivity index (χ0v) is 15.1. The van der Waals surface area contributed by atoms with Crippen molar-refractivity contribution in [3.05, 3.63) is 78.1 Å². The van der Waals surface area contributed by atoms with E-state index in [-0.39, 0.29) is 0 Å². The molecule has 0 saturated heterocycles. The zero-order chi connectivity index (χ0) is 20.0. The Labute approximate surface area is 163 Å². The standard InChI is InChI=1S/C22H15F3N4/c23-22(24,25)13-9-10-17-15(11-13)21(14-5-1-2-6-16(14)27-17)26-12-20-28-18-7-3-4-8-19(18)29-20/h1-11H,12H2,(H,26,27)(H,28,29). The van der Waals surface area contributed by atoms with Crippen LogP contribution in [0, 0.1) is 0 Å². The Morgan fingerprint density at radius 3 is 2.31 bits per heavy atom. The van der Waals surface area contributed by atoms with Crippen molar-refractivity contribution in [2.24, 2.45) is 0 Å².